The average Bonchev–Trinajstić information content (AvgIpc) is 2.21. The fourth-order valence-corrected chi connectivity index (χ4v) is 1.30. The Balaban J connectivity index is 2.71. The number of nitrogens with zero attached hydrogens (tertiary/aromatic N) is 1. The Bertz CT molecular complexity index is 357. The number of para-hydroxylation sites is 1. The van der Waals surface area contributed by atoms with Gasteiger partial charge in [0.15, 0.2) is 0 Å². The van der Waals surface area contributed by atoms with E-state index in [4.69, 9.17) is 0 Å². The molecule has 0 fully saturated rings. The van der Waals surface area contributed by atoms with Crippen molar-refractivity contribution >= 4 is 11.6 Å². The van der Waals surface area contributed by atoms with Gasteiger partial charge in [-0.05, 0) is 25.0 Å². The molecule has 0 radical (unpaired) electrons. The van der Waals surface area contributed by atoms with Crippen molar-refractivity contribution in [2.75, 3.05) is 11.9 Å². The van der Waals surface area contributed by atoms with Gasteiger partial charge in [-0.15, -0.1) is 4.91 Å². The number of nitrogens with one attached hydrogen (secondary N) is 2. The summed E-state index contributed by atoms with van der Waals surface area (Å²) in [5.41, 5.74) is 4.83. The van der Waals surface area contributed by atoms with E-state index in [0.717, 1.165) is 16.8 Å². The van der Waals surface area contributed by atoms with Crippen LogP contribution in [0.1, 0.15) is 11.1 Å². The van der Waals surface area contributed by atoms with Crippen molar-refractivity contribution in [3.8, 4) is 0 Å². The van der Waals surface area contributed by atoms with Gasteiger partial charge < -0.3 is 5.32 Å². The zero-order chi connectivity index (χ0) is 11.3. The van der Waals surface area contributed by atoms with E-state index >= 15 is 0 Å². The molecule has 0 saturated carbocycles. The summed E-state index contributed by atoms with van der Waals surface area (Å²) in [5.74, 6) is -0.285. The number of hydrogen-bond acceptors (Lipinski definition) is 3. The summed E-state index contributed by atoms with van der Waals surface area (Å²) in [6.07, 6.45) is 0. The molecule has 0 bridgehead atoms. The van der Waals surface area contributed by atoms with Crippen LogP contribution in [0, 0.1) is 18.8 Å². The van der Waals surface area contributed by atoms with Crippen molar-refractivity contribution in [3.63, 3.8) is 0 Å². The summed E-state index contributed by atoms with van der Waals surface area (Å²) in [6.45, 7) is 3.71. The van der Waals surface area contributed by atoms with E-state index in [1.54, 1.807) is 0 Å². The van der Waals surface area contributed by atoms with Gasteiger partial charge in [-0.25, -0.2) is 0 Å². The quantitative estimate of drug-likeness (QED) is 0.580. The zero-order valence-electron chi connectivity index (χ0n) is 8.70. The van der Waals surface area contributed by atoms with E-state index in [0.29, 0.717) is 0 Å². The molecule has 0 atom stereocenters. The zero-order valence-corrected chi connectivity index (χ0v) is 8.70. The minimum Gasteiger partial charge on any atom is -0.324 e. The summed E-state index contributed by atoms with van der Waals surface area (Å²) >= 11 is 0. The summed E-state index contributed by atoms with van der Waals surface area (Å²) in [4.78, 5) is 21.1. The van der Waals surface area contributed by atoms with Crippen LogP contribution in [0.2, 0.25) is 0 Å². The highest BCUT2D eigenvalue weighted by Gasteiger charge is 2.06. The van der Waals surface area contributed by atoms with Gasteiger partial charge >= 0.3 is 0 Å². The van der Waals surface area contributed by atoms with E-state index < -0.39 is 0 Å². The second-order valence-electron chi connectivity index (χ2n) is 3.24. The topological polar surface area (TPSA) is 70.6 Å². The second-order valence-corrected chi connectivity index (χ2v) is 3.24. The summed E-state index contributed by atoms with van der Waals surface area (Å²) in [6, 6.07) is 5.74. The maximum atomic E-state index is 11.3. The minimum atomic E-state index is -0.285. The lowest BCUT2D eigenvalue weighted by Gasteiger charge is -2.10. The Morgan fingerprint density at radius 3 is 2.47 bits per heavy atom. The number of anilines is 1. The molecule has 2 N–H and O–H groups in total. The molecule has 5 nitrogen and oxygen atoms in total. The number of aryl methyl sites for hydroxylation is 2. The molecule has 0 aliphatic rings. The molecule has 1 amide bonds. The first-order chi connectivity index (χ1) is 7.15. The van der Waals surface area contributed by atoms with E-state index in [1.807, 2.05) is 32.0 Å². The molecule has 0 unspecified atom stereocenters. The third-order valence-electron chi connectivity index (χ3n) is 2.05. The highest BCUT2D eigenvalue weighted by molar-refractivity contribution is 5.93. The lowest BCUT2D eigenvalue weighted by molar-refractivity contribution is -0.115. The van der Waals surface area contributed by atoms with Crippen LogP contribution >= 0.6 is 0 Å². The van der Waals surface area contributed by atoms with Crippen LogP contribution in [0.3, 0.4) is 0 Å². The fraction of sp³-hybridized carbons (Fsp3) is 0.300. The van der Waals surface area contributed by atoms with Gasteiger partial charge in [-0.1, -0.05) is 18.2 Å². The third-order valence-corrected chi connectivity index (χ3v) is 2.05. The number of amides is 1. The lowest BCUT2D eigenvalue weighted by atomic mass is 10.1. The van der Waals surface area contributed by atoms with Crippen molar-refractivity contribution in [1.82, 2.24) is 5.43 Å². The number of rotatable bonds is 4. The van der Waals surface area contributed by atoms with Crippen molar-refractivity contribution in [3.05, 3.63) is 34.2 Å². The van der Waals surface area contributed by atoms with Gasteiger partial charge in [0.05, 0.1) is 5.29 Å². The molecule has 5 heteroatoms. The standard InChI is InChI=1S/C10H13N3O2/c1-7-4-3-5-8(2)10(7)12-9(14)6-11-13-15/h3-5H,6H2,1-2H3,(H,11,15)(H,12,14). The molecular weight excluding hydrogens is 194 g/mol. The minimum absolute atomic E-state index is 0.114. The molecule has 0 aliphatic heterocycles. The predicted molar refractivity (Wildman–Crippen MR) is 58.3 cm³/mol. The summed E-state index contributed by atoms with van der Waals surface area (Å²) < 4.78 is 0. The Labute approximate surface area is 87.8 Å². The van der Waals surface area contributed by atoms with E-state index in [-0.39, 0.29) is 12.5 Å². The van der Waals surface area contributed by atoms with Crippen LogP contribution < -0.4 is 10.7 Å². The number of benzene rings is 1. The van der Waals surface area contributed by atoms with E-state index in [1.165, 1.54) is 0 Å². The van der Waals surface area contributed by atoms with Gasteiger partial charge in [0.1, 0.15) is 6.54 Å². The van der Waals surface area contributed by atoms with Gasteiger partial charge in [0.25, 0.3) is 0 Å². The first-order valence-electron chi connectivity index (χ1n) is 4.56. The molecule has 80 valence electrons. The van der Waals surface area contributed by atoms with Crippen molar-refractivity contribution in [2.24, 2.45) is 5.29 Å². The molecule has 1 aromatic carbocycles. The Morgan fingerprint density at radius 2 is 1.93 bits per heavy atom. The Morgan fingerprint density at radius 1 is 1.33 bits per heavy atom. The fourth-order valence-electron chi connectivity index (χ4n) is 1.30. The predicted octanol–water partition coefficient (Wildman–Crippen LogP) is 1.51. The van der Waals surface area contributed by atoms with Gasteiger partial charge in [-0.3, -0.25) is 10.2 Å². The Kier molecular flexibility index (Phi) is 3.79. The first kappa shape index (κ1) is 11.2. The highest BCUT2D eigenvalue weighted by atomic mass is 16.3. The molecule has 0 heterocycles. The van der Waals surface area contributed by atoms with Crippen LogP contribution in [0.5, 0.6) is 0 Å². The molecule has 1 rings (SSSR count). The molecular formula is C10H13N3O2. The molecule has 0 aliphatic carbocycles. The molecule has 0 spiro atoms. The maximum Gasteiger partial charge on any atom is 0.245 e. The normalized spacial score (nSPS) is 9.47. The van der Waals surface area contributed by atoms with Crippen LogP contribution in [0.25, 0.3) is 0 Å². The van der Waals surface area contributed by atoms with Crippen LogP contribution in [-0.2, 0) is 4.79 Å². The number of carbonyl (C=O) groups excluding carboxylic acids is 1. The maximum absolute atomic E-state index is 11.3. The largest absolute Gasteiger partial charge is 0.324 e. The van der Waals surface area contributed by atoms with Gasteiger partial charge in [0, 0.05) is 5.69 Å². The third kappa shape index (κ3) is 3.05. The monoisotopic (exact) mass is 207 g/mol. The Hall–Kier alpha value is -1.91. The molecule has 0 aromatic heterocycles. The van der Waals surface area contributed by atoms with Crippen LogP contribution in [-0.4, -0.2) is 12.5 Å². The molecule has 1 aromatic rings. The average molecular weight is 207 g/mol. The van der Waals surface area contributed by atoms with E-state index in [9.17, 15) is 9.70 Å². The second kappa shape index (κ2) is 5.09. The highest BCUT2D eigenvalue weighted by Crippen LogP contribution is 2.18. The van der Waals surface area contributed by atoms with Crippen molar-refractivity contribution in [1.29, 1.82) is 0 Å². The van der Waals surface area contributed by atoms with Gasteiger partial charge in [0.2, 0.25) is 5.91 Å². The SMILES string of the molecule is Cc1cccc(C)c1NC(=O)CNN=O. The number of carbonyl (C=O) groups is 1. The van der Waals surface area contributed by atoms with Crippen molar-refractivity contribution < 1.29 is 4.79 Å². The van der Waals surface area contributed by atoms with Crippen LogP contribution in [0.4, 0.5) is 5.69 Å². The smallest absolute Gasteiger partial charge is 0.245 e. The van der Waals surface area contributed by atoms with Crippen molar-refractivity contribution in [2.45, 2.75) is 13.8 Å². The van der Waals surface area contributed by atoms with Crippen LogP contribution in [0.15, 0.2) is 23.5 Å². The number of nitroso groups, excluding NO2 is 1. The summed E-state index contributed by atoms with van der Waals surface area (Å²) in [5, 5.41) is 5.11. The number of hydrogen-bond donors (Lipinski definition) is 2. The van der Waals surface area contributed by atoms with Gasteiger partial charge in [-0.2, -0.15) is 0 Å². The lowest BCUT2D eigenvalue weighted by Crippen LogP contribution is -2.25. The first-order valence-corrected chi connectivity index (χ1v) is 4.56. The summed E-state index contributed by atoms with van der Waals surface area (Å²) in [7, 11) is 0. The molecule has 15 heavy (non-hydrogen) atoms. The van der Waals surface area contributed by atoms with E-state index in [2.05, 4.69) is 16.0 Å². The molecule has 0 saturated heterocycles.